The minimum Gasteiger partial charge on any atom is -0.383 e. The molecule has 21 heavy (non-hydrogen) atoms. The maximum Gasteiger partial charge on any atom is 0.0602 e. The molecule has 0 spiro atoms. The van der Waals surface area contributed by atoms with Crippen molar-refractivity contribution in [2.45, 2.75) is 23.0 Å². The van der Waals surface area contributed by atoms with E-state index in [1.165, 1.54) is 34.7 Å². The van der Waals surface area contributed by atoms with Gasteiger partial charge in [0.25, 0.3) is 0 Å². The molecule has 1 unspecified atom stereocenters. The first-order valence-corrected chi connectivity index (χ1v) is 8.60. The van der Waals surface area contributed by atoms with Crippen molar-refractivity contribution in [2.24, 2.45) is 0 Å². The average molecular weight is 296 g/mol. The third kappa shape index (κ3) is 2.62. The summed E-state index contributed by atoms with van der Waals surface area (Å²) < 4.78 is 0. The van der Waals surface area contributed by atoms with E-state index in [4.69, 9.17) is 0 Å². The third-order valence-corrected chi connectivity index (χ3v) is 5.60. The second-order valence-electron chi connectivity index (χ2n) is 5.80. The van der Waals surface area contributed by atoms with Crippen LogP contribution < -0.4 is 10.2 Å². The maximum atomic E-state index is 3.55. The SMILES string of the molecule is c1ccc2c(c1)CC(CN1CCCNc3ccccc31)S2. The molecule has 2 nitrogen and oxygen atoms in total. The normalized spacial score (nSPS) is 20.4. The topological polar surface area (TPSA) is 15.3 Å². The minimum absolute atomic E-state index is 0.675. The van der Waals surface area contributed by atoms with E-state index in [9.17, 15) is 0 Å². The number of nitrogens with zero attached hydrogens (tertiary/aromatic N) is 1. The summed E-state index contributed by atoms with van der Waals surface area (Å²) in [5, 5.41) is 4.22. The van der Waals surface area contributed by atoms with Gasteiger partial charge in [0.05, 0.1) is 11.4 Å². The Labute approximate surface area is 130 Å². The Morgan fingerprint density at radius 3 is 2.90 bits per heavy atom. The van der Waals surface area contributed by atoms with E-state index in [0.717, 1.165) is 19.6 Å². The summed E-state index contributed by atoms with van der Waals surface area (Å²) in [5.41, 5.74) is 4.18. The van der Waals surface area contributed by atoms with E-state index < -0.39 is 0 Å². The number of fused-ring (bicyclic) bond motifs is 2. The van der Waals surface area contributed by atoms with Crippen molar-refractivity contribution in [1.29, 1.82) is 0 Å². The van der Waals surface area contributed by atoms with E-state index in [1.807, 2.05) is 11.8 Å². The molecule has 0 amide bonds. The van der Waals surface area contributed by atoms with Gasteiger partial charge >= 0.3 is 0 Å². The molecule has 0 saturated carbocycles. The molecule has 2 aromatic rings. The molecule has 2 aliphatic rings. The zero-order valence-corrected chi connectivity index (χ0v) is 12.9. The largest absolute Gasteiger partial charge is 0.383 e. The van der Waals surface area contributed by atoms with Gasteiger partial charge in [0.2, 0.25) is 0 Å². The van der Waals surface area contributed by atoms with Gasteiger partial charge < -0.3 is 10.2 Å². The lowest BCUT2D eigenvalue weighted by Gasteiger charge is -2.27. The first kappa shape index (κ1) is 13.1. The highest BCUT2D eigenvalue weighted by atomic mass is 32.2. The van der Waals surface area contributed by atoms with Crippen LogP contribution in [0.2, 0.25) is 0 Å². The van der Waals surface area contributed by atoms with Crippen LogP contribution in [0.25, 0.3) is 0 Å². The Kier molecular flexibility index (Phi) is 3.52. The Bertz CT molecular complexity index is 616. The van der Waals surface area contributed by atoms with Gasteiger partial charge in [-0.05, 0) is 36.6 Å². The van der Waals surface area contributed by atoms with Gasteiger partial charge in [-0.25, -0.2) is 0 Å². The van der Waals surface area contributed by atoms with E-state index in [0.29, 0.717) is 5.25 Å². The number of thioether (sulfide) groups is 1. The molecule has 2 aliphatic heterocycles. The summed E-state index contributed by atoms with van der Waals surface area (Å²) in [7, 11) is 0. The van der Waals surface area contributed by atoms with Crippen LogP contribution in [0.3, 0.4) is 0 Å². The fourth-order valence-electron chi connectivity index (χ4n) is 3.30. The Hall–Kier alpha value is -1.61. The summed E-state index contributed by atoms with van der Waals surface area (Å²) in [5.74, 6) is 0. The molecule has 0 saturated heterocycles. The van der Waals surface area contributed by atoms with E-state index >= 15 is 0 Å². The number of para-hydroxylation sites is 2. The van der Waals surface area contributed by atoms with Crippen LogP contribution in [0.5, 0.6) is 0 Å². The van der Waals surface area contributed by atoms with Gasteiger partial charge in [0.15, 0.2) is 0 Å². The second-order valence-corrected chi connectivity index (χ2v) is 7.14. The molecule has 0 aromatic heterocycles. The summed E-state index contributed by atoms with van der Waals surface area (Å²) in [6.45, 7) is 3.36. The first-order chi connectivity index (χ1) is 10.4. The van der Waals surface area contributed by atoms with Crippen molar-refractivity contribution >= 4 is 23.1 Å². The highest BCUT2D eigenvalue weighted by Crippen LogP contribution is 2.38. The highest BCUT2D eigenvalue weighted by Gasteiger charge is 2.25. The van der Waals surface area contributed by atoms with Gasteiger partial charge in [0, 0.05) is 29.8 Å². The zero-order chi connectivity index (χ0) is 14.1. The number of nitrogens with one attached hydrogen (secondary N) is 1. The Balaban J connectivity index is 1.53. The molecule has 0 fully saturated rings. The zero-order valence-electron chi connectivity index (χ0n) is 12.1. The lowest BCUT2D eigenvalue weighted by molar-refractivity contribution is 0.730. The Morgan fingerprint density at radius 2 is 1.95 bits per heavy atom. The van der Waals surface area contributed by atoms with Crippen molar-refractivity contribution < 1.29 is 0 Å². The maximum absolute atomic E-state index is 3.55. The molecule has 4 rings (SSSR count). The van der Waals surface area contributed by atoms with Crippen molar-refractivity contribution in [3.05, 3.63) is 54.1 Å². The molecule has 0 aliphatic carbocycles. The lowest BCUT2D eigenvalue weighted by Crippen LogP contribution is -2.31. The predicted molar refractivity (Wildman–Crippen MR) is 91.6 cm³/mol. The van der Waals surface area contributed by atoms with Crippen molar-refractivity contribution in [2.75, 3.05) is 29.9 Å². The summed E-state index contributed by atoms with van der Waals surface area (Å²) in [4.78, 5) is 4.04. The van der Waals surface area contributed by atoms with Crippen LogP contribution >= 0.6 is 11.8 Å². The molecule has 2 aromatic carbocycles. The average Bonchev–Trinajstić information content (AvgIpc) is 2.82. The van der Waals surface area contributed by atoms with Gasteiger partial charge in [-0.3, -0.25) is 0 Å². The van der Waals surface area contributed by atoms with Crippen molar-refractivity contribution in [3.63, 3.8) is 0 Å². The molecule has 1 atom stereocenters. The highest BCUT2D eigenvalue weighted by molar-refractivity contribution is 8.00. The second kappa shape index (κ2) is 5.64. The third-order valence-electron chi connectivity index (χ3n) is 4.30. The van der Waals surface area contributed by atoms with Crippen LogP contribution in [0.15, 0.2) is 53.4 Å². The minimum atomic E-state index is 0.675. The Morgan fingerprint density at radius 1 is 1.10 bits per heavy atom. The number of benzene rings is 2. The fourth-order valence-corrected chi connectivity index (χ4v) is 4.64. The van der Waals surface area contributed by atoms with E-state index in [1.54, 1.807) is 0 Å². The molecular weight excluding hydrogens is 276 g/mol. The first-order valence-electron chi connectivity index (χ1n) is 7.72. The fraction of sp³-hybridized carbons (Fsp3) is 0.333. The molecular formula is C18H20N2S. The van der Waals surface area contributed by atoms with E-state index in [2.05, 4.69) is 58.7 Å². The number of rotatable bonds is 2. The number of hydrogen-bond acceptors (Lipinski definition) is 3. The van der Waals surface area contributed by atoms with Crippen LogP contribution in [0, 0.1) is 0 Å². The van der Waals surface area contributed by atoms with E-state index in [-0.39, 0.29) is 0 Å². The van der Waals surface area contributed by atoms with Gasteiger partial charge in [0.1, 0.15) is 0 Å². The van der Waals surface area contributed by atoms with Crippen LogP contribution in [0.4, 0.5) is 11.4 Å². The molecule has 3 heteroatoms. The quantitative estimate of drug-likeness (QED) is 0.901. The molecule has 108 valence electrons. The number of anilines is 2. The van der Waals surface area contributed by atoms with Crippen LogP contribution in [-0.4, -0.2) is 24.9 Å². The van der Waals surface area contributed by atoms with Crippen LogP contribution in [-0.2, 0) is 6.42 Å². The standard InChI is InChI=1S/C18H20N2S/c1-4-9-18-14(6-1)12-15(21-18)13-20-11-5-10-19-16-7-2-3-8-17(16)20/h1-4,6-9,15,19H,5,10-13H2. The lowest BCUT2D eigenvalue weighted by atomic mass is 10.1. The van der Waals surface area contributed by atoms with Gasteiger partial charge in [-0.1, -0.05) is 30.3 Å². The summed E-state index contributed by atoms with van der Waals surface area (Å²) in [6.07, 6.45) is 2.41. The van der Waals surface area contributed by atoms with Gasteiger partial charge in [-0.15, -0.1) is 11.8 Å². The molecule has 0 radical (unpaired) electrons. The van der Waals surface area contributed by atoms with Crippen LogP contribution in [0.1, 0.15) is 12.0 Å². The monoisotopic (exact) mass is 296 g/mol. The van der Waals surface area contributed by atoms with Crippen molar-refractivity contribution in [1.82, 2.24) is 0 Å². The summed E-state index contributed by atoms with van der Waals surface area (Å²) >= 11 is 2.05. The number of hydrogen-bond donors (Lipinski definition) is 1. The smallest absolute Gasteiger partial charge is 0.0602 e. The van der Waals surface area contributed by atoms with Gasteiger partial charge in [-0.2, -0.15) is 0 Å². The van der Waals surface area contributed by atoms with Crippen molar-refractivity contribution in [3.8, 4) is 0 Å². The molecule has 2 heterocycles. The molecule has 0 bridgehead atoms. The summed E-state index contributed by atoms with van der Waals surface area (Å²) in [6, 6.07) is 17.6. The molecule has 1 N–H and O–H groups in total. The predicted octanol–water partition coefficient (Wildman–Crippen LogP) is 4.03.